The van der Waals surface area contributed by atoms with E-state index in [1.165, 1.54) is 7.11 Å². The number of esters is 1. The molecule has 1 heterocycles. The Balaban J connectivity index is 1.89. The molecule has 0 unspecified atom stereocenters. The predicted molar refractivity (Wildman–Crippen MR) is 103 cm³/mol. The maximum absolute atomic E-state index is 12.4. The monoisotopic (exact) mass is 389 g/mol. The Labute approximate surface area is 164 Å². The lowest BCUT2D eigenvalue weighted by Crippen LogP contribution is -2.34. The van der Waals surface area contributed by atoms with Gasteiger partial charge in [-0.25, -0.2) is 0 Å². The Bertz CT molecular complexity index is 831. The van der Waals surface area contributed by atoms with Gasteiger partial charge in [-0.15, -0.1) is 0 Å². The van der Waals surface area contributed by atoms with Crippen LogP contribution in [0.1, 0.15) is 29.4 Å². The molecule has 152 valence electrons. The van der Waals surface area contributed by atoms with Gasteiger partial charge in [0, 0.05) is 17.8 Å². The molecule has 1 N–H and O–H groups in total. The molecule has 0 saturated heterocycles. The summed E-state index contributed by atoms with van der Waals surface area (Å²) in [6.45, 7) is 6.05. The molecule has 1 aromatic carbocycles. The van der Waals surface area contributed by atoms with Crippen LogP contribution in [-0.2, 0) is 38.8 Å². The number of aromatic nitrogens is 2. The van der Waals surface area contributed by atoms with Crippen molar-refractivity contribution >= 4 is 11.9 Å². The number of carbonyl (C=O) groups is 2. The van der Waals surface area contributed by atoms with Crippen LogP contribution in [0.2, 0.25) is 0 Å². The number of hydrogen-bond acceptors (Lipinski definition) is 6. The van der Waals surface area contributed by atoms with Gasteiger partial charge >= 0.3 is 5.97 Å². The fraction of sp³-hybridized carbons (Fsp3) is 0.450. The van der Waals surface area contributed by atoms with Crippen molar-refractivity contribution in [2.45, 2.75) is 46.6 Å². The third-order valence-corrected chi connectivity index (χ3v) is 4.48. The number of aryl methyl sites for hydroxylation is 1. The van der Waals surface area contributed by atoms with Crippen LogP contribution in [0.25, 0.3) is 0 Å². The van der Waals surface area contributed by atoms with Crippen LogP contribution >= 0.6 is 0 Å². The predicted octanol–water partition coefficient (Wildman–Crippen LogP) is 1.90. The van der Waals surface area contributed by atoms with Crippen LogP contribution in [0.4, 0.5) is 0 Å². The number of carbonyl (C=O) groups excluding carboxylic acids is 2. The molecule has 2 aromatic rings. The molecule has 1 aromatic heterocycles. The highest BCUT2D eigenvalue weighted by Gasteiger charge is 2.17. The maximum Gasteiger partial charge on any atom is 0.327 e. The van der Waals surface area contributed by atoms with Gasteiger partial charge < -0.3 is 19.5 Å². The Morgan fingerprint density at radius 3 is 2.68 bits per heavy atom. The van der Waals surface area contributed by atoms with E-state index in [0.717, 1.165) is 28.3 Å². The summed E-state index contributed by atoms with van der Waals surface area (Å²) in [5.74, 6) is 0.149. The highest BCUT2D eigenvalue weighted by Crippen LogP contribution is 2.15. The molecule has 0 spiro atoms. The second kappa shape index (κ2) is 9.89. The molecule has 8 heteroatoms. The van der Waals surface area contributed by atoms with E-state index in [0.29, 0.717) is 13.2 Å². The first-order valence-corrected chi connectivity index (χ1v) is 8.97. The zero-order valence-electron chi connectivity index (χ0n) is 16.9. The molecular formula is C20H27N3O5. The lowest BCUT2D eigenvalue weighted by atomic mass is 10.2. The number of methoxy groups -OCH3 is 2. The van der Waals surface area contributed by atoms with E-state index in [9.17, 15) is 9.59 Å². The zero-order valence-corrected chi connectivity index (χ0v) is 16.9. The van der Waals surface area contributed by atoms with Crippen LogP contribution < -0.4 is 10.1 Å². The number of benzene rings is 1. The highest BCUT2D eigenvalue weighted by atomic mass is 16.5. The zero-order chi connectivity index (χ0) is 20.7. The quantitative estimate of drug-likeness (QED) is 0.659. The number of hydrogen-bond donors (Lipinski definition) is 1. The molecule has 0 aliphatic carbocycles. The maximum atomic E-state index is 12.4. The Morgan fingerprint density at radius 2 is 2.00 bits per heavy atom. The van der Waals surface area contributed by atoms with Crippen LogP contribution in [0.3, 0.4) is 0 Å². The molecule has 2 rings (SSSR count). The molecule has 0 aliphatic rings. The van der Waals surface area contributed by atoms with E-state index in [-0.39, 0.29) is 18.4 Å². The number of nitrogens with one attached hydrogen (secondary N) is 1. The van der Waals surface area contributed by atoms with E-state index < -0.39 is 6.10 Å². The SMILES string of the molecule is COC(=O)Cn1nc(C)c(CNC(=O)[C@H](C)OCc2cccc(OC)c2)c1C. The second-order valence-electron chi connectivity index (χ2n) is 6.41. The molecule has 0 saturated carbocycles. The van der Waals surface area contributed by atoms with E-state index in [4.69, 9.17) is 9.47 Å². The van der Waals surface area contributed by atoms with Gasteiger partial charge in [-0.1, -0.05) is 12.1 Å². The van der Waals surface area contributed by atoms with Crippen molar-refractivity contribution in [2.75, 3.05) is 14.2 Å². The van der Waals surface area contributed by atoms with E-state index in [2.05, 4.69) is 15.2 Å². The molecule has 0 radical (unpaired) electrons. The fourth-order valence-electron chi connectivity index (χ4n) is 2.71. The minimum atomic E-state index is -0.614. The van der Waals surface area contributed by atoms with Gasteiger partial charge in [-0.3, -0.25) is 14.3 Å². The minimum Gasteiger partial charge on any atom is -0.497 e. The first-order valence-electron chi connectivity index (χ1n) is 8.97. The van der Waals surface area contributed by atoms with Gasteiger partial charge in [0.15, 0.2) is 0 Å². The van der Waals surface area contributed by atoms with Crippen molar-refractivity contribution in [3.05, 3.63) is 46.8 Å². The number of nitrogens with zero attached hydrogens (tertiary/aromatic N) is 2. The highest BCUT2D eigenvalue weighted by molar-refractivity contribution is 5.80. The molecule has 1 atom stereocenters. The molecule has 1 amide bonds. The molecule has 0 bridgehead atoms. The minimum absolute atomic E-state index is 0.0389. The van der Waals surface area contributed by atoms with Crippen molar-refractivity contribution in [3.63, 3.8) is 0 Å². The largest absolute Gasteiger partial charge is 0.497 e. The fourth-order valence-corrected chi connectivity index (χ4v) is 2.71. The molecule has 28 heavy (non-hydrogen) atoms. The number of ether oxygens (including phenoxy) is 3. The van der Waals surface area contributed by atoms with E-state index in [1.807, 2.05) is 38.1 Å². The van der Waals surface area contributed by atoms with Crippen molar-refractivity contribution < 1.29 is 23.8 Å². The van der Waals surface area contributed by atoms with Crippen LogP contribution in [-0.4, -0.2) is 42.0 Å². The van der Waals surface area contributed by atoms with Gasteiger partial charge in [0.05, 0.1) is 26.5 Å². The Hall–Kier alpha value is -2.87. The van der Waals surface area contributed by atoms with Crippen molar-refractivity contribution in [1.82, 2.24) is 15.1 Å². The molecule has 0 fully saturated rings. The van der Waals surface area contributed by atoms with Gasteiger partial charge in [-0.2, -0.15) is 5.10 Å². The summed E-state index contributed by atoms with van der Waals surface area (Å²) < 4.78 is 17.1. The number of amides is 1. The average molecular weight is 389 g/mol. The summed E-state index contributed by atoms with van der Waals surface area (Å²) in [5.41, 5.74) is 3.37. The smallest absolute Gasteiger partial charge is 0.327 e. The second-order valence-corrected chi connectivity index (χ2v) is 6.41. The summed E-state index contributed by atoms with van der Waals surface area (Å²) in [7, 11) is 2.94. The van der Waals surface area contributed by atoms with E-state index in [1.54, 1.807) is 18.7 Å². The summed E-state index contributed by atoms with van der Waals surface area (Å²) in [4.78, 5) is 23.8. The lowest BCUT2D eigenvalue weighted by molar-refractivity contribution is -0.141. The van der Waals surface area contributed by atoms with Crippen LogP contribution in [0.5, 0.6) is 5.75 Å². The topological polar surface area (TPSA) is 91.7 Å². The van der Waals surface area contributed by atoms with Gasteiger partial charge in [-0.05, 0) is 38.5 Å². The normalized spacial score (nSPS) is 11.8. The summed E-state index contributed by atoms with van der Waals surface area (Å²) in [6.07, 6.45) is -0.614. The molecular weight excluding hydrogens is 362 g/mol. The van der Waals surface area contributed by atoms with Crippen molar-refractivity contribution in [3.8, 4) is 5.75 Å². The van der Waals surface area contributed by atoms with Crippen molar-refractivity contribution in [1.29, 1.82) is 0 Å². The number of rotatable bonds is 9. The van der Waals surface area contributed by atoms with Crippen LogP contribution in [0, 0.1) is 13.8 Å². The Morgan fingerprint density at radius 1 is 1.25 bits per heavy atom. The first-order chi connectivity index (χ1) is 13.3. The van der Waals surface area contributed by atoms with Crippen LogP contribution in [0.15, 0.2) is 24.3 Å². The van der Waals surface area contributed by atoms with E-state index >= 15 is 0 Å². The lowest BCUT2D eigenvalue weighted by Gasteiger charge is -2.14. The van der Waals surface area contributed by atoms with Crippen molar-refractivity contribution in [2.24, 2.45) is 0 Å². The van der Waals surface area contributed by atoms with Gasteiger partial charge in [0.1, 0.15) is 18.4 Å². The Kier molecular flexibility index (Phi) is 7.57. The first kappa shape index (κ1) is 21.4. The third-order valence-electron chi connectivity index (χ3n) is 4.48. The van der Waals surface area contributed by atoms with Gasteiger partial charge in [0.25, 0.3) is 0 Å². The average Bonchev–Trinajstić information content (AvgIpc) is 2.96. The molecule has 0 aliphatic heterocycles. The summed E-state index contributed by atoms with van der Waals surface area (Å²) in [5, 5.41) is 7.20. The summed E-state index contributed by atoms with van der Waals surface area (Å²) >= 11 is 0. The molecule has 8 nitrogen and oxygen atoms in total. The standard InChI is InChI=1S/C20H27N3O5/c1-13-18(14(2)23(22-13)11-19(24)27-5)10-21-20(25)15(3)28-12-16-7-6-8-17(9-16)26-4/h6-9,15H,10-12H2,1-5H3,(H,21,25)/t15-/m0/s1. The summed E-state index contributed by atoms with van der Waals surface area (Å²) in [6, 6.07) is 7.51. The van der Waals surface area contributed by atoms with Gasteiger partial charge in [0.2, 0.25) is 5.91 Å². The third kappa shape index (κ3) is 5.56.